The third kappa shape index (κ3) is 12.3. The highest BCUT2D eigenvalue weighted by Crippen LogP contribution is 2.35. The van der Waals surface area contributed by atoms with Gasteiger partial charge in [0.15, 0.2) is 5.78 Å². The Hall–Kier alpha value is -0.340. The third-order valence-electron chi connectivity index (χ3n) is 0.570. The Kier molecular flexibility index (Phi) is 8.66. The predicted octanol–water partition coefficient (Wildman–Crippen LogP) is -1.33. The molecule has 8 nitrogen and oxygen atoms in total. The Balaban J connectivity index is 0. The van der Waals surface area contributed by atoms with Gasteiger partial charge < -0.3 is 14.9 Å². The van der Waals surface area contributed by atoms with E-state index in [0.29, 0.717) is 0 Å². The average molecular weight is 204 g/mol. The molecule has 0 spiro atoms. The Bertz CT molecular complexity index is 160. The fourth-order valence-electron chi connectivity index (χ4n) is 0.202. The first-order valence-corrected chi connectivity index (χ1v) is 4.01. The monoisotopic (exact) mass is 204 g/mol. The summed E-state index contributed by atoms with van der Waals surface area (Å²) >= 11 is 0. The van der Waals surface area contributed by atoms with Gasteiger partial charge in [0.1, 0.15) is 13.2 Å². The van der Waals surface area contributed by atoms with Gasteiger partial charge >= 0.3 is 7.82 Å². The summed E-state index contributed by atoms with van der Waals surface area (Å²) in [5.41, 5.74) is 0. The second-order valence-electron chi connectivity index (χ2n) is 1.46. The minimum Gasteiger partial charge on any atom is -0.388 e. The molecule has 0 amide bonds. The molecule has 74 valence electrons. The summed E-state index contributed by atoms with van der Waals surface area (Å²) in [6, 6.07) is 0. The van der Waals surface area contributed by atoms with E-state index >= 15 is 0 Å². The second kappa shape index (κ2) is 7.32. The number of carbonyl (C=O) groups is 1. The first kappa shape index (κ1) is 14.2. The van der Waals surface area contributed by atoms with Crippen molar-refractivity contribution in [2.45, 2.75) is 0 Å². The molecule has 0 aromatic carbocycles. The Morgan fingerprint density at radius 1 is 1.33 bits per heavy atom. The summed E-state index contributed by atoms with van der Waals surface area (Å²) in [7, 11) is -4.56. The lowest BCUT2D eigenvalue weighted by Gasteiger charge is -2.01. The Morgan fingerprint density at radius 3 is 2.00 bits per heavy atom. The minimum absolute atomic E-state index is 0.763. The number of Topliss-reactive ketones (excluding diaryl/α,β-unsaturated/α-hetero) is 1. The number of rotatable bonds is 4. The van der Waals surface area contributed by atoms with Crippen LogP contribution in [0.2, 0.25) is 0 Å². The van der Waals surface area contributed by atoms with Crippen LogP contribution in [0.5, 0.6) is 0 Å². The van der Waals surface area contributed by atoms with Gasteiger partial charge in [-0.2, -0.15) is 0 Å². The van der Waals surface area contributed by atoms with Gasteiger partial charge in [-0.05, 0) is 0 Å². The highest BCUT2D eigenvalue weighted by molar-refractivity contribution is 7.46. The van der Waals surface area contributed by atoms with Crippen LogP contribution in [-0.2, 0) is 13.9 Å². The van der Waals surface area contributed by atoms with Crippen molar-refractivity contribution in [2.75, 3.05) is 13.2 Å². The SMILES string of the molecule is O=C(CO)COP(=O)(O)O.OO. The summed E-state index contributed by atoms with van der Waals surface area (Å²) in [4.78, 5) is 26.2. The molecule has 0 aromatic rings. The van der Waals surface area contributed by atoms with Gasteiger partial charge in [0.05, 0.1) is 0 Å². The molecule has 0 saturated carbocycles. The van der Waals surface area contributed by atoms with E-state index in [1.54, 1.807) is 0 Å². The molecule has 0 aliphatic carbocycles. The van der Waals surface area contributed by atoms with E-state index < -0.39 is 26.8 Å². The van der Waals surface area contributed by atoms with Crippen molar-refractivity contribution in [1.82, 2.24) is 0 Å². The lowest BCUT2D eigenvalue weighted by Crippen LogP contribution is -2.11. The van der Waals surface area contributed by atoms with Crippen molar-refractivity contribution in [1.29, 1.82) is 0 Å². The zero-order valence-electron chi connectivity index (χ0n) is 5.82. The quantitative estimate of drug-likeness (QED) is 0.215. The highest BCUT2D eigenvalue weighted by Gasteiger charge is 2.15. The van der Waals surface area contributed by atoms with Crippen LogP contribution in [0.4, 0.5) is 0 Å². The molecular weight excluding hydrogens is 195 g/mol. The molecule has 0 rings (SSSR count). The number of ketones is 1. The first-order chi connectivity index (χ1) is 5.45. The summed E-state index contributed by atoms with van der Waals surface area (Å²) in [6.45, 7) is -1.54. The molecule has 0 aliphatic heterocycles. The lowest BCUT2D eigenvalue weighted by atomic mass is 10.5. The molecule has 0 unspecified atom stereocenters. The van der Waals surface area contributed by atoms with E-state index in [9.17, 15) is 9.36 Å². The molecule has 0 saturated heterocycles. The maximum atomic E-state index is 10.1. The maximum absolute atomic E-state index is 10.1. The summed E-state index contributed by atoms with van der Waals surface area (Å²) < 4.78 is 13.6. The van der Waals surface area contributed by atoms with Gasteiger partial charge in [0.2, 0.25) is 0 Å². The smallest absolute Gasteiger partial charge is 0.388 e. The van der Waals surface area contributed by atoms with Gasteiger partial charge in [0.25, 0.3) is 0 Å². The van der Waals surface area contributed by atoms with E-state index in [1.165, 1.54) is 0 Å². The fourth-order valence-corrected chi connectivity index (χ4v) is 0.514. The molecular formula is C3H9O8P. The van der Waals surface area contributed by atoms with Crippen LogP contribution in [0, 0.1) is 0 Å². The molecule has 0 heterocycles. The number of hydrogen-bond acceptors (Lipinski definition) is 6. The van der Waals surface area contributed by atoms with E-state index in [1.807, 2.05) is 0 Å². The van der Waals surface area contributed by atoms with Crippen LogP contribution < -0.4 is 0 Å². The standard InChI is InChI=1S/C3H7O6P.H2O2/c4-1-3(5)2-9-10(6,7)8;1-2/h4H,1-2H2,(H2,6,7,8);1-2H. The molecule has 9 heteroatoms. The zero-order valence-corrected chi connectivity index (χ0v) is 6.72. The Morgan fingerprint density at radius 2 is 1.75 bits per heavy atom. The maximum Gasteiger partial charge on any atom is 0.470 e. The highest BCUT2D eigenvalue weighted by atomic mass is 31.2. The van der Waals surface area contributed by atoms with Gasteiger partial charge in [0, 0.05) is 0 Å². The topological polar surface area (TPSA) is 145 Å². The van der Waals surface area contributed by atoms with Crippen LogP contribution in [0.3, 0.4) is 0 Å². The second-order valence-corrected chi connectivity index (χ2v) is 2.70. The van der Waals surface area contributed by atoms with Gasteiger partial charge in [-0.25, -0.2) is 4.57 Å². The number of phosphoric ester groups is 1. The van der Waals surface area contributed by atoms with Crippen LogP contribution in [0.1, 0.15) is 0 Å². The van der Waals surface area contributed by atoms with Gasteiger partial charge in [-0.15, -0.1) is 0 Å². The van der Waals surface area contributed by atoms with Crippen molar-refractivity contribution >= 4 is 13.6 Å². The minimum atomic E-state index is -4.56. The Labute approximate surface area is 67.2 Å². The van der Waals surface area contributed by atoms with Crippen molar-refractivity contribution in [3.05, 3.63) is 0 Å². The van der Waals surface area contributed by atoms with E-state index in [-0.39, 0.29) is 0 Å². The molecule has 12 heavy (non-hydrogen) atoms. The van der Waals surface area contributed by atoms with E-state index in [4.69, 9.17) is 25.4 Å². The van der Waals surface area contributed by atoms with Crippen LogP contribution in [0.25, 0.3) is 0 Å². The van der Waals surface area contributed by atoms with Gasteiger partial charge in [-0.3, -0.25) is 19.8 Å². The third-order valence-corrected chi connectivity index (χ3v) is 1.04. The number of carbonyl (C=O) groups excluding carboxylic acids is 1. The summed E-state index contributed by atoms with van der Waals surface area (Å²) in [5.74, 6) is -0.775. The molecule has 0 aliphatic rings. The number of aliphatic hydroxyl groups is 1. The molecule has 5 N–H and O–H groups in total. The molecule has 0 aromatic heterocycles. The van der Waals surface area contributed by atoms with E-state index in [2.05, 4.69) is 4.52 Å². The summed E-state index contributed by atoms with van der Waals surface area (Å²) in [6.07, 6.45) is 0. The van der Waals surface area contributed by atoms with Crippen LogP contribution in [0.15, 0.2) is 0 Å². The normalized spacial score (nSPS) is 10.1. The fraction of sp³-hybridized carbons (Fsp3) is 0.667. The first-order valence-electron chi connectivity index (χ1n) is 2.48. The van der Waals surface area contributed by atoms with Crippen molar-refractivity contribution in [3.63, 3.8) is 0 Å². The van der Waals surface area contributed by atoms with E-state index in [0.717, 1.165) is 0 Å². The molecule has 0 atom stereocenters. The largest absolute Gasteiger partial charge is 0.470 e. The van der Waals surface area contributed by atoms with Gasteiger partial charge in [-0.1, -0.05) is 0 Å². The van der Waals surface area contributed by atoms with Crippen molar-refractivity contribution < 1.29 is 39.3 Å². The molecule has 0 radical (unpaired) electrons. The number of hydrogen-bond donors (Lipinski definition) is 5. The van der Waals surface area contributed by atoms with Crippen LogP contribution >= 0.6 is 7.82 Å². The number of phosphoric acid groups is 1. The molecule has 0 fully saturated rings. The predicted molar refractivity (Wildman–Crippen MR) is 35.3 cm³/mol. The van der Waals surface area contributed by atoms with Crippen molar-refractivity contribution in [2.24, 2.45) is 0 Å². The van der Waals surface area contributed by atoms with Crippen molar-refractivity contribution in [3.8, 4) is 0 Å². The van der Waals surface area contributed by atoms with Crippen LogP contribution in [-0.4, -0.2) is 44.4 Å². The zero-order chi connectivity index (χ0) is 10.2. The number of aliphatic hydroxyl groups excluding tert-OH is 1. The molecule has 0 bridgehead atoms. The lowest BCUT2D eigenvalue weighted by molar-refractivity contribution is -0.176. The summed E-state index contributed by atoms with van der Waals surface area (Å²) in [5, 5.41) is 20.0. The average Bonchev–Trinajstić information content (AvgIpc) is 2.03.